The van der Waals surface area contributed by atoms with Crippen LogP contribution in [0.25, 0.3) is 0 Å². The third-order valence-corrected chi connectivity index (χ3v) is 1.45. The molecular formula is C8H9N3O. The highest BCUT2D eigenvalue weighted by Gasteiger charge is 2.09. The summed E-state index contributed by atoms with van der Waals surface area (Å²) >= 11 is 0. The molecule has 4 heteroatoms. The first-order valence-corrected chi connectivity index (χ1v) is 3.45. The number of amides is 1. The van der Waals surface area contributed by atoms with Crippen LogP contribution in [0, 0.1) is 11.3 Å². The van der Waals surface area contributed by atoms with Crippen LogP contribution in [-0.2, 0) is 0 Å². The Kier molecular flexibility index (Phi) is 2.15. The molecule has 62 valence electrons. The molecular weight excluding hydrogens is 154 g/mol. The Labute approximate surface area is 70.4 Å². The van der Waals surface area contributed by atoms with E-state index in [0.29, 0.717) is 11.3 Å². The number of rotatable bonds is 1. The minimum atomic E-state index is -0.128. The number of nitriles is 1. The van der Waals surface area contributed by atoms with Gasteiger partial charge in [-0.25, -0.2) is 0 Å². The maximum atomic E-state index is 11.3. The molecule has 0 spiro atoms. The van der Waals surface area contributed by atoms with Gasteiger partial charge >= 0.3 is 0 Å². The smallest absolute Gasteiger partial charge is 0.269 e. The van der Waals surface area contributed by atoms with E-state index >= 15 is 0 Å². The van der Waals surface area contributed by atoms with E-state index in [-0.39, 0.29) is 5.91 Å². The summed E-state index contributed by atoms with van der Waals surface area (Å²) in [6.07, 6.45) is 1.51. The molecule has 0 aliphatic heterocycles. The first kappa shape index (κ1) is 8.34. The minimum Gasteiger partial charge on any atom is -0.356 e. The molecule has 0 saturated heterocycles. The van der Waals surface area contributed by atoms with Crippen LogP contribution in [-0.4, -0.2) is 29.9 Å². The van der Waals surface area contributed by atoms with Crippen molar-refractivity contribution in [1.82, 2.24) is 9.88 Å². The van der Waals surface area contributed by atoms with E-state index in [1.54, 1.807) is 14.1 Å². The van der Waals surface area contributed by atoms with Gasteiger partial charge in [0.2, 0.25) is 0 Å². The third-order valence-electron chi connectivity index (χ3n) is 1.45. The second-order valence-corrected chi connectivity index (χ2v) is 2.61. The molecule has 0 aliphatic carbocycles. The van der Waals surface area contributed by atoms with Crippen molar-refractivity contribution in [2.45, 2.75) is 0 Å². The average molecular weight is 163 g/mol. The zero-order valence-electron chi connectivity index (χ0n) is 6.96. The van der Waals surface area contributed by atoms with Crippen molar-refractivity contribution in [2.75, 3.05) is 14.1 Å². The van der Waals surface area contributed by atoms with Gasteiger partial charge in [-0.05, 0) is 6.07 Å². The Morgan fingerprint density at radius 3 is 2.75 bits per heavy atom. The first-order chi connectivity index (χ1) is 5.65. The van der Waals surface area contributed by atoms with E-state index in [9.17, 15) is 4.79 Å². The molecule has 12 heavy (non-hydrogen) atoms. The molecule has 1 aromatic heterocycles. The van der Waals surface area contributed by atoms with Crippen molar-refractivity contribution in [3.05, 3.63) is 23.5 Å². The Morgan fingerprint density at radius 1 is 1.67 bits per heavy atom. The van der Waals surface area contributed by atoms with Gasteiger partial charge in [-0.15, -0.1) is 0 Å². The molecule has 0 aliphatic rings. The maximum absolute atomic E-state index is 11.3. The summed E-state index contributed by atoms with van der Waals surface area (Å²) in [5.41, 5.74) is 0.914. The molecule has 1 heterocycles. The fourth-order valence-corrected chi connectivity index (χ4v) is 0.823. The van der Waals surface area contributed by atoms with E-state index in [1.165, 1.54) is 17.2 Å². The summed E-state index contributed by atoms with van der Waals surface area (Å²) in [6.45, 7) is 0. The van der Waals surface area contributed by atoms with Crippen LogP contribution in [0.15, 0.2) is 12.3 Å². The number of aromatic nitrogens is 1. The van der Waals surface area contributed by atoms with Crippen LogP contribution in [0.1, 0.15) is 16.1 Å². The number of carbonyl (C=O) groups excluding carboxylic acids is 1. The van der Waals surface area contributed by atoms with Gasteiger partial charge in [-0.2, -0.15) is 5.26 Å². The van der Waals surface area contributed by atoms with Crippen molar-refractivity contribution in [3.63, 3.8) is 0 Å². The topological polar surface area (TPSA) is 59.9 Å². The van der Waals surface area contributed by atoms with Gasteiger partial charge in [0, 0.05) is 20.3 Å². The van der Waals surface area contributed by atoms with E-state index in [0.717, 1.165) is 0 Å². The quantitative estimate of drug-likeness (QED) is 0.658. The number of hydrogen-bond donors (Lipinski definition) is 1. The van der Waals surface area contributed by atoms with Gasteiger partial charge in [0.15, 0.2) is 0 Å². The first-order valence-electron chi connectivity index (χ1n) is 3.45. The molecule has 0 bridgehead atoms. The molecule has 0 aromatic carbocycles. The highest BCUT2D eigenvalue weighted by molar-refractivity contribution is 5.92. The molecule has 0 unspecified atom stereocenters. The van der Waals surface area contributed by atoms with E-state index in [2.05, 4.69) is 4.98 Å². The summed E-state index contributed by atoms with van der Waals surface area (Å²) in [5, 5.41) is 8.48. The Hall–Kier alpha value is -1.76. The number of H-pyrrole nitrogens is 1. The number of aromatic amines is 1. The van der Waals surface area contributed by atoms with Gasteiger partial charge in [0.25, 0.3) is 5.91 Å². The van der Waals surface area contributed by atoms with Crippen molar-refractivity contribution >= 4 is 5.91 Å². The predicted octanol–water partition coefficient (Wildman–Crippen LogP) is 0.588. The summed E-state index contributed by atoms with van der Waals surface area (Å²) < 4.78 is 0. The normalized spacial score (nSPS) is 9.08. The molecule has 0 fully saturated rings. The van der Waals surface area contributed by atoms with Crippen LogP contribution < -0.4 is 0 Å². The maximum Gasteiger partial charge on any atom is 0.269 e. The zero-order valence-corrected chi connectivity index (χ0v) is 6.96. The van der Waals surface area contributed by atoms with Gasteiger partial charge in [0.1, 0.15) is 11.8 Å². The Balaban J connectivity index is 2.91. The summed E-state index contributed by atoms with van der Waals surface area (Å²) in [7, 11) is 3.32. The van der Waals surface area contributed by atoms with Gasteiger partial charge in [-0.3, -0.25) is 4.79 Å². The van der Waals surface area contributed by atoms with Crippen LogP contribution in [0.2, 0.25) is 0 Å². The fourth-order valence-electron chi connectivity index (χ4n) is 0.823. The molecule has 1 N–H and O–H groups in total. The fraction of sp³-hybridized carbons (Fsp3) is 0.250. The SMILES string of the molecule is CN(C)C(=O)c1cc(C#N)c[nH]1. The van der Waals surface area contributed by atoms with Gasteiger partial charge < -0.3 is 9.88 Å². The molecule has 1 amide bonds. The van der Waals surface area contributed by atoms with Crippen molar-refractivity contribution in [3.8, 4) is 6.07 Å². The highest BCUT2D eigenvalue weighted by Crippen LogP contribution is 2.03. The molecule has 0 saturated carbocycles. The van der Waals surface area contributed by atoms with Crippen LogP contribution in [0.5, 0.6) is 0 Å². The molecule has 1 aromatic rings. The number of hydrogen-bond acceptors (Lipinski definition) is 2. The molecule has 0 atom stereocenters. The largest absolute Gasteiger partial charge is 0.356 e. The summed E-state index contributed by atoms with van der Waals surface area (Å²) in [4.78, 5) is 15.4. The second kappa shape index (κ2) is 3.09. The lowest BCUT2D eigenvalue weighted by atomic mass is 10.3. The van der Waals surface area contributed by atoms with Crippen LogP contribution in [0.3, 0.4) is 0 Å². The summed E-state index contributed by atoms with van der Waals surface area (Å²) in [6, 6.07) is 3.47. The number of nitrogens with one attached hydrogen (secondary N) is 1. The number of carbonyl (C=O) groups is 1. The van der Waals surface area contributed by atoms with Crippen molar-refractivity contribution < 1.29 is 4.79 Å². The van der Waals surface area contributed by atoms with Crippen molar-refractivity contribution in [1.29, 1.82) is 5.26 Å². The lowest BCUT2D eigenvalue weighted by Crippen LogP contribution is -2.21. The van der Waals surface area contributed by atoms with E-state index in [1.807, 2.05) is 6.07 Å². The standard InChI is InChI=1S/C8H9N3O/c1-11(2)8(12)7-3-6(4-9)5-10-7/h3,5,10H,1-2H3. The summed E-state index contributed by atoms with van der Waals surface area (Å²) in [5.74, 6) is -0.128. The zero-order chi connectivity index (χ0) is 9.14. The molecule has 1 rings (SSSR count). The van der Waals surface area contributed by atoms with Gasteiger partial charge in [-0.1, -0.05) is 0 Å². The van der Waals surface area contributed by atoms with E-state index < -0.39 is 0 Å². The highest BCUT2D eigenvalue weighted by atomic mass is 16.2. The van der Waals surface area contributed by atoms with Gasteiger partial charge in [0.05, 0.1) is 5.56 Å². The third kappa shape index (κ3) is 1.45. The average Bonchev–Trinajstić information content (AvgIpc) is 2.50. The lowest BCUT2D eigenvalue weighted by molar-refractivity contribution is 0.0822. The van der Waals surface area contributed by atoms with E-state index in [4.69, 9.17) is 5.26 Å². The number of nitrogens with zero attached hydrogens (tertiary/aromatic N) is 2. The second-order valence-electron chi connectivity index (χ2n) is 2.61. The lowest BCUT2D eigenvalue weighted by Gasteiger charge is -2.07. The Morgan fingerprint density at radius 2 is 2.33 bits per heavy atom. The van der Waals surface area contributed by atoms with Crippen molar-refractivity contribution in [2.24, 2.45) is 0 Å². The Bertz CT molecular complexity index is 332. The predicted molar refractivity (Wildman–Crippen MR) is 43.5 cm³/mol. The molecule has 0 radical (unpaired) electrons. The molecule has 4 nitrogen and oxygen atoms in total. The minimum absolute atomic E-state index is 0.128. The van der Waals surface area contributed by atoms with Crippen LogP contribution in [0.4, 0.5) is 0 Å². The monoisotopic (exact) mass is 163 g/mol. The van der Waals surface area contributed by atoms with Crippen LogP contribution >= 0.6 is 0 Å².